The van der Waals surface area contributed by atoms with Crippen LogP contribution in [0, 0.1) is 113 Å². The van der Waals surface area contributed by atoms with Gasteiger partial charge in [0.2, 0.25) is 0 Å². The van der Waals surface area contributed by atoms with Crippen molar-refractivity contribution < 1.29 is 38.9 Å². The van der Waals surface area contributed by atoms with Crippen molar-refractivity contribution in [2.75, 3.05) is 13.2 Å². The van der Waals surface area contributed by atoms with Gasteiger partial charge in [0, 0.05) is 31.3 Å². The largest absolute Gasteiger partial charge is 0.465 e. The summed E-state index contributed by atoms with van der Waals surface area (Å²) in [6, 6.07) is 0. The molecule has 0 radical (unpaired) electrons. The van der Waals surface area contributed by atoms with Gasteiger partial charge in [-0.05, 0) is 245 Å². The smallest absolute Gasteiger partial charge is 0.373 e. The van der Waals surface area contributed by atoms with Crippen LogP contribution in [-0.4, -0.2) is 53.7 Å². The second kappa shape index (κ2) is 19.3. The van der Waals surface area contributed by atoms with E-state index < -0.39 is 0 Å². The number of esters is 2. The number of allylic oxidation sites excluding steroid dienone is 2. The number of rotatable bonds is 6. The average Bonchev–Trinajstić information content (AvgIpc) is 3.90. The van der Waals surface area contributed by atoms with Crippen LogP contribution in [0.25, 0.3) is 0 Å². The lowest BCUT2D eigenvalue weighted by molar-refractivity contribution is -0.252. The lowest BCUT2D eigenvalue weighted by Gasteiger charge is -2.73. The molecule has 10 aliphatic carbocycles. The van der Waals surface area contributed by atoms with Crippen LogP contribution in [0.3, 0.4) is 0 Å². The molecule has 16 unspecified atom stereocenters. The van der Waals surface area contributed by atoms with E-state index in [0.717, 1.165) is 31.1 Å². The molecule has 0 spiro atoms. The van der Waals surface area contributed by atoms with Gasteiger partial charge >= 0.3 is 18.1 Å². The molecule has 0 aromatic heterocycles. The van der Waals surface area contributed by atoms with Crippen LogP contribution >= 0.6 is 0 Å². The van der Waals surface area contributed by atoms with Gasteiger partial charge in [0.25, 0.3) is 0 Å². The van der Waals surface area contributed by atoms with Crippen molar-refractivity contribution in [3.8, 4) is 0 Å². The SMILES string of the molecule is C=C(C)[C@@H]1CCC2(CO)CC[C@]3(C)C(CCC4C5(C)CCC(O)C(C)(C)C5CCC43C)C12.C=C(C)[C@@H]1CCC2(COC(C)=O)CC[C@]3(C)C(CCC4C5(C)CCC(OC(C)=O)C(C)(C)C5CCC43C)C12.O=C=O. The van der Waals surface area contributed by atoms with E-state index in [1.54, 1.807) is 13.8 Å². The predicted octanol–water partition coefficient (Wildman–Crippen LogP) is 14.6. The van der Waals surface area contributed by atoms with Gasteiger partial charge in [-0.2, -0.15) is 9.59 Å². The molecule has 0 aliphatic heterocycles. The molecular formula is C65H104O8. The van der Waals surface area contributed by atoms with Crippen molar-refractivity contribution in [3.05, 3.63) is 24.3 Å². The molecule has 0 heterocycles. The van der Waals surface area contributed by atoms with Gasteiger partial charge in [-0.3, -0.25) is 9.59 Å². The lowest BCUT2D eigenvalue weighted by atomic mass is 9.32. The maximum Gasteiger partial charge on any atom is 0.373 e. The maximum absolute atomic E-state index is 11.9. The standard InChI is InChI=1S/C34H54O4.C30H50O2.CO2/c1-21(2)24-12-17-34(20-37-22(3)35)19-18-32(8)25(29(24)34)10-11-27-31(7)15-14-28(38-23(4)36)30(5,6)26(31)13-16-33(27,32)9;1-19(2)20-10-15-30(18-31)17-16-28(6)21(25(20)30)8-9-23-27(5)13-12-24(32)26(3,4)22(27)11-14-29(23,28)7;2-1-3/h24-29H,1,10-20H2,2-9H3;20-25,31-32H,1,8-18H2,2-7H3;/t24-,25?,26?,27?,28?,29?,31?,32+,33?,34?;20-,21?,22?,23?,24?,25?,27?,28+,29?,30?;/m00./s1. The summed E-state index contributed by atoms with van der Waals surface area (Å²) in [5.41, 5.74) is 4.90. The highest BCUT2D eigenvalue weighted by Gasteiger charge is 2.73. The highest BCUT2D eigenvalue weighted by Crippen LogP contribution is 2.80. The Bertz CT molecular complexity index is 2170. The molecule has 0 aromatic rings. The molecule has 0 amide bonds. The van der Waals surface area contributed by atoms with Crippen LogP contribution in [0.5, 0.6) is 0 Å². The molecule has 10 saturated carbocycles. The van der Waals surface area contributed by atoms with E-state index in [1.165, 1.54) is 120 Å². The molecule has 8 heteroatoms. The van der Waals surface area contributed by atoms with Crippen molar-refractivity contribution >= 4 is 18.1 Å². The normalized spacial score (nSPS) is 50.4. The lowest BCUT2D eigenvalue weighted by Crippen LogP contribution is -2.67. The number of aliphatic hydroxyl groups excluding tert-OH is 2. The van der Waals surface area contributed by atoms with Crippen LogP contribution in [0.2, 0.25) is 0 Å². The Hall–Kier alpha value is -2.28. The van der Waals surface area contributed by atoms with Crippen LogP contribution < -0.4 is 0 Å². The zero-order chi connectivity index (χ0) is 53.9. The molecule has 20 atom stereocenters. The Labute approximate surface area is 443 Å². The Balaban J connectivity index is 0.000000187. The van der Waals surface area contributed by atoms with Gasteiger partial charge in [-0.25, -0.2) is 0 Å². The van der Waals surface area contributed by atoms with E-state index in [9.17, 15) is 19.8 Å². The Morgan fingerprint density at radius 3 is 1.40 bits per heavy atom. The van der Waals surface area contributed by atoms with E-state index in [1.807, 2.05) is 0 Å². The van der Waals surface area contributed by atoms with Crippen molar-refractivity contribution in [1.82, 2.24) is 0 Å². The fourth-order valence-electron chi connectivity index (χ4n) is 23.7. The number of carbonyl (C=O) groups is 2. The molecule has 0 aromatic carbocycles. The summed E-state index contributed by atoms with van der Waals surface area (Å²) < 4.78 is 11.7. The fraction of sp³-hybridized carbons (Fsp3) is 0.892. The Morgan fingerprint density at radius 1 is 0.507 bits per heavy atom. The van der Waals surface area contributed by atoms with E-state index >= 15 is 0 Å². The van der Waals surface area contributed by atoms with E-state index in [4.69, 9.17) is 19.1 Å². The van der Waals surface area contributed by atoms with Crippen molar-refractivity contribution in [1.29, 1.82) is 0 Å². The third-order valence-electron chi connectivity index (χ3n) is 27.6. The van der Waals surface area contributed by atoms with E-state index in [0.29, 0.717) is 82.2 Å². The molecule has 0 saturated heterocycles. The van der Waals surface area contributed by atoms with Gasteiger partial charge in [-0.1, -0.05) is 93.5 Å². The third-order valence-corrected chi connectivity index (χ3v) is 27.6. The number of aliphatic hydroxyl groups is 2. The van der Waals surface area contributed by atoms with Crippen LogP contribution in [-0.2, 0) is 28.7 Å². The first-order chi connectivity index (χ1) is 33.9. The molecule has 2 N–H and O–H groups in total. The van der Waals surface area contributed by atoms with Crippen LogP contribution in [0.1, 0.15) is 225 Å². The van der Waals surface area contributed by atoms with Gasteiger partial charge in [0.05, 0.1) is 12.7 Å². The average molecular weight is 1010 g/mol. The summed E-state index contributed by atoms with van der Waals surface area (Å²) in [5, 5.41) is 21.5. The number of carbonyl (C=O) groups excluding carboxylic acids is 4. The van der Waals surface area contributed by atoms with Gasteiger partial charge in [0.1, 0.15) is 6.10 Å². The second-order valence-corrected chi connectivity index (χ2v) is 30.5. The third kappa shape index (κ3) is 8.26. The summed E-state index contributed by atoms with van der Waals surface area (Å²) in [6.45, 7) is 42.8. The molecule has 0 bridgehead atoms. The molecular weight excluding hydrogens is 909 g/mol. The first-order valence-corrected chi connectivity index (χ1v) is 29.8. The highest BCUT2D eigenvalue weighted by atomic mass is 16.5. The number of hydrogen-bond acceptors (Lipinski definition) is 8. The zero-order valence-corrected chi connectivity index (χ0v) is 48.7. The van der Waals surface area contributed by atoms with Crippen molar-refractivity contribution in [2.24, 2.45) is 113 Å². The zero-order valence-electron chi connectivity index (χ0n) is 48.7. The van der Waals surface area contributed by atoms with Crippen molar-refractivity contribution in [3.63, 3.8) is 0 Å². The molecule has 10 aliphatic rings. The van der Waals surface area contributed by atoms with Gasteiger partial charge in [-0.15, -0.1) is 0 Å². The monoisotopic (exact) mass is 1010 g/mol. The minimum Gasteiger partial charge on any atom is -0.465 e. The summed E-state index contributed by atoms with van der Waals surface area (Å²) in [4.78, 5) is 40.1. The summed E-state index contributed by atoms with van der Waals surface area (Å²) in [5.74, 6) is 6.09. The fourth-order valence-corrected chi connectivity index (χ4v) is 23.7. The molecule has 8 nitrogen and oxygen atoms in total. The minimum atomic E-state index is -0.147. The number of hydrogen-bond donors (Lipinski definition) is 2. The Morgan fingerprint density at radius 2 is 0.945 bits per heavy atom. The quantitative estimate of drug-likeness (QED) is 0.199. The summed E-state index contributed by atoms with van der Waals surface area (Å²) in [7, 11) is 0. The highest BCUT2D eigenvalue weighted by molar-refractivity contribution is 5.66. The molecule has 10 rings (SSSR count). The molecule has 10 fully saturated rings. The first-order valence-electron chi connectivity index (χ1n) is 29.8. The number of ether oxygens (including phenoxy) is 2. The number of fused-ring (bicyclic) bond motifs is 14. The Kier molecular flexibility index (Phi) is 15.0. The summed E-state index contributed by atoms with van der Waals surface area (Å²) in [6.07, 6.45) is 24.5. The molecule has 412 valence electrons. The summed E-state index contributed by atoms with van der Waals surface area (Å²) >= 11 is 0. The van der Waals surface area contributed by atoms with Crippen molar-refractivity contribution in [2.45, 2.75) is 238 Å². The van der Waals surface area contributed by atoms with E-state index in [-0.39, 0.29) is 62.8 Å². The van der Waals surface area contributed by atoms with Gasteiger partial charge < -0.3 is 19.7 Å². The topological polar surface area (TPSA) is 127 Å². The van der Waals surface area contributed by atoms with Crippen LogP contribution in [0.4, 0.5) is 0 Å². The maximum atomic E-state index is 11.9. The second-order valence-electron chi connectivity index (χ2n) is 30.5. The van der Waals surface area contributed by atoms with E-state index in [2.05, 4.69) is 96.2 Å². The predicted molar refractivity (Wildman–Crippen MR) is 288 cm³/mol. The van der Waals surface area contributed by atoms with Crippen LogP contribution in [0.15, 0.2) is 24.3 Å². The van der Waals surface area contributed by atoms with Gasteiger partial charge in [0.15, 0.2) is 0 Å². The first kappa shape index (κ1) is 56.9. The molecule has 73 heavy (non-hydrogen) atoms. The minimum absolute atomic E-state index is 0.00000109.